The summed E-state index contributed by atoms with van der Waals surface area (Å²) in [6.45, 7) is 2.05. The molecule has 0 aliphatic carbocycles. The van der Waals surface area contributed by atoms with E-state index in [4.69, 9.17) is 14.0 Å². The van der Waals surface area contributed by atoms with Crippen molar-refractivity contribution >= 4 is 40.2 Å². The summed E-state index contributed by atoms with van der Waals surface area (Å²) in [7, 11) is 3.01. The summed E-state index contributed by atoms with van der Waals surface area (Å²) in [5.41, 5.74) is 2.27. The highest BCUT2D eigenvalue weighted by molar-refractivity contribution is 8.00. The number of aryl methyl sites for hydroxylation is 1. The highest BCUT2D eigenvalue weighted by atomic mass is 32.2. The molecule has 10 heteroatoms. The molecule has 0 unspecified atom stereocenters. The first kappa shape index (κ1) is 19.9. The van der Waals surface area contributed by atoms with Crippen LogP contribution in [0, 0.1) is 5.82 Å². The first-order valence-corrected chi connectivity index (χ1v) is 9.98. The van der Waals surface area contributed by atoms with Gasteiger partial charge in [-0.1, -0.05) is 18.1 Å². The molecule has 0 aliphatic rings. The number of halogens is 1. The number of nitrogens with zero attached hydrogens (tertiary/aromatic N) is 2. The van der Waals surface area contributed by atoms with Crippen molar-refractivity contribution in [3.8, 4) is 11.5 Å². The lowest BCUT2D eigenvalue weighted by Gasteiger charge is -2.10. The highest BCUT2D eigenvalue weighted by Gasteiger charge is 2.16. The number of ether oxygens (including phenoxy) is 2. The fourth-order valence-electron chi connectivity index (χ4n) is 2.92. The van der Waals surface area contributed by atoms with Gasteiger partial charge in [-0.25, -0.2) is 4.39 Å². The third-order valence-electron chi connectivity index (χ3n) is 4.46. The third-order valence-corrected chi connectivity index (χ3v) is 5.30. The molecule has 0 fully saturated rings. The minimum absolute atomic E-state index is 0.164. The zero-order chi connectivity index (χ0) is 21.1. The van der Waals surface area contributed by atoms with E-state index < -0.39 is 5.82 Å². The van der Waals surface area contributed by atoms with E-state index in [-0.39, 0.29) is 5.75 Å². The van der Waals surface area contributed by atoms with Crippen LogP contribution in [0.3, 0.4) is 0 Å². The molecule has 0 aliphatic heterocycles. The third kappa shape index (κ3) is 3.86. The van der Waals surface area contributed by atoms with Crippen molar-refractivity contribution in [3.05, 3.63) is 47.9 Å². The van der Waals surface area contributed by atoms with Crippen LogP contribution in [0.4, 0.5) is 21.7 Å². The largest absolute Gasteiger partial charge is 0.495 e. The van der Waals surface area contributed by atoms with E-state index in [1.165, 1.54) is 25.1 Å². The number of aromatic amines is 1. The summed E-state index contributed by atoms with van der Waals surface area (Å²) in [6.07, 6.45) is 0.857. The zero-order valence-electron chi connectivity index (χ0n) is 16.6. The Morgan fingerprint density at radius 1 is 1.20 bits per heavy atom. The van der Waals surface area contributed by atoms with Crippen molar-refractivity contribution in [1.82, 2.24) is 15.4 Å². The van der Waals surface area contributed by atoms with E-state index in [1.807, 2.05) is 19.1 Å². The zero-order valence-corrected chi connectivity index (χ0v) is 17.4. The molecule has 3 N–H and O–H groups in total. The molecule has 0 atom stereocenters. The molecule has 0 saturated carbocycles. The Morgan fingerprint density at radius 2 is 2.07 bits per heavy atom. The second-order valence-corrected chi connectivity index (χ2v) is 7.16. The molecule has 0 amide bonds. The van der Waals surface area contributed by atoms with Crippen molar-refractivity contribution in [1.29, 1.82) is 0 Å². The Hall–Kier alpha value is -3.40. The molecule has 4 rings (SSSR count). The van der Waals surface area contributed by atoms with Gasteiger partial charge in [0, 0.05) is 17.8 Å². The first-order chi connectivity index (χ1) is 14.6. The van der Waals surface area contributed by atoms with Crippen molar-refractivity contribution in [3.63, 3.8) is 0 Å². The van der Waals surface area contributed by atoms with Gasteiger partial charge in [-0.15, -0.1) is 0 Å². The van der Waals surface area contributed by atoms with Gasteiger partial charge in [0.25, 0.3) is 0 Å². The van der Waals surface area contributed by atoms with E-state index in [1.54, 1.807) is 25.3 Å². The normalized spacial score (nSPS) is 10.9. The quantitative estimate of drug-likeness (QED) is 0.332. The van der Waals surface area contributed by atoms with Crippen LogP contribution < -0.4 is 19.5 Å². The maximum absolute atomic E-state index is 13.9. The second kappa shape index (κ2) is 8.54. The molecule has 2 aromatic carbocycles. The topological polar surface area (TPSA) is 97.2 Å². The molecule has 0 saturated heterocycles. The lowest BCUT2D eigenvalue weighted by atomic mass is 10.2. The van der Waals surface area contributed by atoms with Gasteiger partial charge in [-0.2, -0.15) is 5.10 Å². The summed E-state index contributed by atoms with van der Waals surface area (Å²) >= 11 is 1.18. The predicted molar refractivity (Wildman–Crippen MR) is 114 cm³/mol. The van der Waals surface area contributed by atoms with Crippen molar-refractivity contribution in [2.45, 2.75) is 18.2 Å². The maximum Gasteiger partial charge on any atom is 0.187 e. The monoisotopic (exact) mass is 429 g/mol. The van der Waals surface area contributed by atoms with Crippen LogP contribution in [-0.4, -0.2) is 29.6 Å². The van der Waals surface area contributed by atoms with E-state index in [0.717, 1.165) is 17.5 Å². The lowest BCUT2D eigenvalue weighted by molar-refractivity contribution is 0.376. The van der Waals surface area contributed by atoms with E-state index in [2.05, 4.69) is 25.4 Å². The average Bonchev–Trinajstić information content (AvgIpc) is 3.38. The van der Waals surface area contributed by atoms with Crippen LogP contribution in [0.1, 0.15) is 12.6 Å². The predicted octanol–water partition coefficient (Wildman–Crippen LogP) is 5.13. The fraction of sp³-hybridized carbons (Fsp3) is 0.200. The Labute approximate surface area is 176 Å². The molecule has 30 heavy (non-hydrogen) atoms. The number of hydrogen-bond donors (Lipinski definition) is 3. The van der Waals surface area contributed by atoms with Crippen LogP contribution >= 0.6 is 11.9 Å². The van der Waals surface area contributed by atoms with E-state index in [0.29, 0.717) is 33.6 Å². The SMILES string of the molecule is CCc1cc(Nc2cc3onc(NSc4cccc(F)c4OC)c3cc2OC)n[nH]1. The number of fused-ring (bicyclic) bond motifs is 1. The molecule has 4 aromatic rings. The minimum atomic E-state index is -0.434. The smallest absolute Gasteiger partial charge is 0.187 e. The molecule has 156 valence electrons. The molecule has 0 bridgehead atoms. The minimum Gasteiger partial charge on any atom is -0.495 e. The molecule has 2 aromatic heterocycles. The van der Waals surface area contributed by atoms with Crippen LogP contribution in [-0.2, 0) is 6.42 Å². The first-order valence-electron chi connectivity index (χ1n) is 9.17. The van der Waals surface area contributed by atoms with Gasteiger partial charge in [0.15, 0.2) is 28.8 Å². The Morgan fingerprint density at radius 3 is 2.80 bits per heavy atom. The Kier molecular flexibility index (Phi) is 5.66. The molecular weight excluding hydrogens is 409 g/mol. The van der Waals surface area contributed by atoms with Gasteiger partial charge in [0.05, 0.1) is 30.2 Å². The van der Waals surface area contributed by atoms with Crippen molar-refractivity contribution in [2.75, 3.05) is 24.3 Å². The standard InChI is InChI=1S/C20H20FN5O3S/c1-4-11-8-18(24-23-11)22-14-10-15-12(9-16(14)27-2)20(25-29-15)26-30-17-7-5-6-13(21)19(17)28-3/h5-10H,4H2,1-3H3,(H,25,26)(H2,22,23,24). The number of anilines is 3. The number of aromatic nitrogens is 3. The lowest BCUT2D eigenvalue weighted by Crippen LogP contribution is -1.96. The average molecular weight is 429 g/mol. The second-order valence-electron chi connectivity index (χ2n) is 6.31. The van der Waals surface area contributed by atoms with Gasteiger partial charge in [0.1, 0.15) is 5.75 Å². The number of nitrogens with one attached hydrogen (secondary N) is 3. The number of hydrogen-bond acceptors (Lipinski definition) is 8. The van der Waals surface area contributed by atoms with Crippen LogP contribution in [0.25, 0.3) is 11.0 Å². The van der Waals surface area contributed by atoms with E-state index in [9.17, 15) is 4.39 Å². The van der Waals surface area contributed by atoms with Crippen LogP contribution in [0.5, 0.6) is 11.5 Å². The van der Waals surface area contributed by atoms with Gasteiger partial charge < -0.3 is 24.0 Å². The van der Waals surface area contributed by atoms with Crippen LogP contribution in [0.15, 0.2) is 45.8 Å². The summed E-state index contributed by atoms with van der Waals surface area (Å²) < 4.78 is 33.1. The summed E-state index contributed by atoms with van der Waals surface area (Å²) in [4.78, 5) is 0.587. The molecular formula is C20H20FN5O3S. The summed E-state index contributed by atoms with van der Waals surface area (Å²) in [5.74, 6) is 1.49. The van der Waals surface area contributed by atoms with Gasteiger partial charge in [-0.05, 0) is 36.6 Å². The maximum atomic E-state index is 13.9. The highest BCUT2D eigenvalue weighted by Crippen LogP contribution is 2.38. The Balaban J connectivity index is 1.59. The number of rotatable bonds is 8. The number of H-pyrrole nitrogens is 1. The number of benzene rings is 2. The molecule has 0 radical (unpaired) electrons. The summed E-state index contributed by atoms with van der Waals surface area (Å²) in [6, 6.07) is 10.2. The van der Waals surface area contributed by atoms with E-state index >= 15 is 0 Å². The Bertz CT molecular complexity index is 1180. The molecule has 2 heterocycles. The van der Waals surface area contributed by atoms with Gasteiger partial charge in [0.2, 0.25) is 0 Å². The fourth-order valence-corrected chi connectivity index (χ4v) is 3.69. The molecule has 8 nitrogen and oxygen atoms in total. The number of methoxy groups -OCH3 is 2. The number of para-hydroxylation sites is 1. The summed E-state index contributed by atoms with van der Waals surface area (Å²) in [5, 5.41) is 15.2. The van der Waals surface area contributed by atoms with Gasteiger partial charge in [-0.3, -0.25) is 5.10 Å². The van der Waals surface area contributed by atoms with Gasteiger partial charge >= 0.3 is 0 Å². The van der Waals surface area contributed by atoms with Crippen molar-refractivity contribution < 1.29 is 18.4 Å². The van der Waals surface area contributed by atoms with Crippen molar-refractivity contribution in [2.24, 2.45) is 0 Å². The van der Waals surface area contributed by atoms with Crippen LogP contribution in [0.2, 0.25) is 0 Å². The molecule has 0 spiro atoms.